The van der Waals surface area contributed by atoms with Gasteiger partial charge in [-0.15, -0.1) is 0 Å². The summed E-state index contributed by atoms with van der Waals surface area (Å²) >= 11 is 0. The minimum Gasteiger partial charge on any atom is -0.497 e. The van der Waals surface area contributed by atoms with Crippen LogP contribution in [0.3, 0.4) is 0 Å². The molecule has 0 aliphatic heterocycles. The molecule has 0 bridgehead atoms. The Morgan fingerprint density at radius 1 is 0.650 bits per heavy atom. The number of rotatable bonds is 18. The zero-order chi connectivity index (χ0) is 43.1. The molecule has 0 saturated heterocycles. The van der Waals surface area contributed by atoms with E-state index >= 15 is 0 Å². The zero-order valence-corrected chi connectivity index (χ0v) is 34.7. The fourth-order valence-corrected chi connectivity index (χ4v) is 8.93. The number of carbonyl (C=O) groups is 1. The predicted octanol–water partition coefficient (Wildman–Crippen LogP) is 9.64. The molecular weight excluding hydrogens is 816 g/mol. The number of ether oxygens (including phenoxy) is 4. The van der Waals surface area contributed by atoms with E-state index in [-0.39, 0.29) is 52.1 Å². The lowest BCUT2D eigenvalue weighted by atomic mass is 9.67. The minimum absolute atomic E-state index is 0.0813. The normalized spacial score (nSPS) is 13.4. The average Bonchev–Trinajstić information content (AvgIpc) is 3.27. The Hall–Kier alpha value is -6.21. The van der Waals surface area contributed by atoms with Crippen LogP contribution in [-0.2, 0) is 32.8 Å². The number of hydrogen-bond acceptors (Lipinski definition) is 9. The fraction of sp³-hybridized carbons (Fsp3) is 0.178. The van der Waals surface area contributed by atoms with E-state index in [2.05, 4.69) is 0 Å². The van der Waals surface area contributed by atoms with Crippen LogP contribution < -0.4 is 27.8 Å². The molecule has 0 radical (unpaired) electrons. The quantitative estimate of drug-likeness (QED) is 0.0657. The zero-order valence-electron chi connectivity index (χ0n) is 33.0. The number of carbonyl (C=O) groups excluding carboxylic acids is 1. The smallest absolute Gasteiger partial charge is 0.442 e. The molecule has 312 valence electrons. The Kier molecular flexibility index (Phi) is 13.3. The fourth-order valence-electron chi connectivity index (χ4n) is 6.92. The summed E-state index contributed by atoms with van der Waals surface area (Å²) < 4.78 is 95.8. The Balaban J connectivity index is 1.45. The molecule has 0 heterocycles. The predicted molar refractivity (Wildman–Crippen MR) is 224 cm³/mol. The average molecular weight is 858 g/mol. The summed E-state index contributed by atoms with van der Waals surface area (Å²) in [4.78, 5) is 24.4. The number of sulfonamides is 1. The lowest BCUT2D eigenvalue weighted by Gasteiger charge is -2.34. The SMILES string of the molecule is COc1ccc(N(c2ccc(OC)cc2OC)S(=O)(=O)c2ccc(CC(Cc3ccc(OP(=O)(O)C(F)F)cc3)(C(=O)c3ccccc3)c3ccccc3)cc2)c(OC)c1. The summed E-state index contributed by atoms with van der Waals surface area (Å²) in [6.07, 6.45) is -3.39. The summed E-state index contributed by atoms with van der Waals surface area (Å²) in [6, 6.07) is 39.3. The van der Waals surface area contributed by atoms with Crippen molar-refractivity contribution in [1.82, 2.24) is 0 Å². The van der Waals surface area contributed by atoms with Crippen molar-refractivity contribution in [2.75, 3.05) is 32.7 Å². The van der Waals surface area contributed by atoms with Crippen molar-refractivity contribution in [1.29, 1.82) is 0 Å². The molecule has 11 nitrogen and oxygen atoms in total. The Bertz CT molecular complexity index is 2520. The van der Waals surface area contributed by atoms with Gasteiger partial charge in [-0.1, -0.05) is 84.9 Å². The molecule has 60 heavy (non-hydrogen) atoms. The molecule has 0 fully saturated rings. The van der Waals surface area contributed by atoms with Gasteiger partial charge in [-0.25, -0.2) is 17.3 Å². The van der Waals surface area contributed by atoms with E-state index in [0.717, 1.165) is 4.31 Å². The molecule has 0 aromatic heterocycles. The van der Waals surface area contributed by atoms with Gasteiger partial charge in [-0.05, 0) is 78.1 Å². The van der Waals surface area contributed by atoms with Crippen LogP contribution in [0.25, 0.3) is 0 Å². The van der Waals surface area contributed by atoms with E-state index in [1.807, 2.05) is 30.3 Å². The number of benzene rings is 6. The summed E-state index contributed by atoms with van der Waals surface area (Å²) in [5.41, 5.74) is 1.37. The van der Waals surface area contributed by atoms with E-state index in [1.54, 1.807) is 91.0 Å². The van der Waals surface area contributed by atoms with E-state index in [0.29, 0.717) is 33.8 Å². The molecule has 6 aromatic carbocycles. The van der Waals surface area contributed by atoms with Crippen LogP contribution in [-0.4, -0.2) is 53.7 Å². The first-order valence-corrected chi connectivity index (χ1v) is 21.5. The van der Waals surface area contributed by atoms with Crippen LogP contribution in [0.5, 0.6) is 28.7 Å². The van der Waals surface area contributed by atoms with Gasteiger partial charge in [0.15, 0.2) is 5.78 Å². The molecular formula is C45H42F2NO10PS. The van der Waals surface area contributed by atoms with Gasteiger partial charge in [0.25, 0.3) is 10.0 Å². The van der Waals surface area contributed by atoms with Crippen molar-refractivity contribution >= 4 is 34.8 Å². The van der Waals surface area contributed by atoms with Crippen LogP contribution in [0.15, 0.2) is 150 Å². The van der Waals surface area contributed by atoms with Crippen LogP contribution in [0.1, 0.15) is 27.0 Å². The molecule has 2 atom stereocenters. The number of anilines is 2. The second kappa shape index (κ2) is 18.4. The summed E-state index contributed by atoms with van der Waals surface area (Å²) in [5, 5.41) is 0. The van der Waals surface area contributed by atoms with Gasteiger partial charge in [-0.2, -0.15) is 8.78 Å². The van der Waals surface area contributed by atoms with Crippen molar-refractivity contribution in [3.05, 3.63) is 168 Å². The molecule has 0 aliphatic rings. The maximum absolute atomic E-state index is 14.9. The van der Waals surface area contributed by atoms with E-state index in [4.69, 9.17) is 23.5 Å². The molecule has 0 aliphatic carbocycles. The van der Waals surface area contributed by atoms with Crippen LogP contribution in [0.2, 0.25) is 0 Å². The van der Waals surface area contributed by atoms with Gasteiger partial charge in [0, 0.05) is 17.7 Å². The highest BCUT2D eigenvalue weighted by Crippen LogP contribution is 2.49. The Labute approximate surface area is 347 Å². The van der Waals surface area contributed by atoms with Gasteiger partial charge < -0.3 is 28.4 Å². The molecule has 0 spiro atoms. The van der Waals surface area contributed by atoms with Crippen molar-refractivity contribution in [3.8, 4) is 28.7 Å². The second-order valence-electron chi connectivity index (χ2n) is 13.6. The maximum Gasteiger partial charge on any atom is 0.442 e. The van der Waals surface area contributed by atoms with Gasteiger partial charge in [0.1, 0.15) is 28.7 Å². The minimum atomic E-state index is -5.22. The molecule has 6 aromatic rings. The lowest BCUT2D eigenvalue weighted by molar-refractivity contribution is 0.0879. The number of alkyl halides is 2. The van der Waals surface area contributed by atoms with Crippen molar-refractivity contribution in [2.24, 2.45) is 0 Å². The van der Waals surface area contributed by atoms with Crippen LogP contribution >= 0.6 is 7.60 Å². The molecule has 2 unspecified atom stereocenters. The Morgan fingerprint density at radius 2 is 1.10 bits per heavy atom. The lowest BCUT2D eigenvalue weighted by Crippen LogP contribution is -2.40. The highest BCUT2D eigenvalue weighted by molar-refractivity contribution is 7.93. The molecule has 6 rings (SSSR count). The molecule has 0 saturated carbocycles. The number of ketones is 1. The monoisotopic (exact) mass is 857 g/mol. The Morgan fingerprint density at radius 3 is 1.55 bits per heavy atom. The third-order valence-corrected chi connectivity index (χ3v) is 12.6. The summed E-state index contributed by atoms with van der Waals surface area (Å²) in [5.74, 6) is 0.830. The van der Waals surface area contributed by atoms with Gasteiger partial charge in [0.2, 0.25) is 0 Å². The highest BCUT2D eigenvalue weighted by atomic mass is 32.2. The third kappa shape index (κ3) is 9.16. The summed E-state index contributed by atoms with van der Waals surface area (Å²) in [7, 11) is -3.84. The number of methoxy groups -OCH3 is 4. The number of Topliss-reactive ketones (excluding diaryl/α,β-unsaturated/α-hetero) is 1. The molecule has 15 heteroatoms. The van der Waals surface area contributed by atoms with Crippen molar-refractivity contribution in [3.63, 3.8) is 0 Å². The van der Waals surface area contributed by atoms with Crippen molar-refractivity contribution in [2.45, 2.75) is 29.3 Å². The highest BCUT2D eigenvalue weighted by Gasteiger charge is 2.41. The van der Waals surface area contributed by atoms with Crippen LogP contribution in [0, 0.1) is 0 Å². The third-order valence-electron chi connectivity index (χ3n) is 9.89. The topological polar surface area (TPSA) is 138 Å². The van der Waals surface area contributed by atoms with E-state index in [1.165, 1.54) is 52.7 Å². The van der Waals surface area contributed by atoms with Gasteiger partial charge >= 0.3 is 13.8 Å². The van der Waals surface area contributed by atoms with Crippen LogP contribution in [0.4, 0.5) is 20.2 Å². The largest absolute Gasteiger partial charge is 0.497 e. The van der Waals surface area contributed by atoms with Gasteiger partial charge in [-0.3, -0.25) is 4.79 Å². The van der Waals surface area contributed by atoms with Crippen molar-refractivity contribution < 1.29 is 54.9 Å². The number of hydrogen-bond donors (Lipinski definition) is 1. The summed E-state index contributed by atoms with van der Waals surface area (Å²) in [6.45, 7) is 0. The molecule has 0 amide bonds. The maximum atomic E-state index is 14.9. The molecule has 1 N–H and O–H groups in total. The van der Waals surface area contributed by atoms with E-state index < -0.39 is 29.2 Å². The van der Waals surface area contributed by atoms with Gasteiger partial charge in [0.05, 0.1) is 50.1 Å². The number of nitrogens with zero attached hydrogens (tertiary/aromatic N) is 1. The van der Waals surface area contributed by atoms with E-state index in [9.17, 15) is 31.5 Å². The first-order chi connectivity index (χ1) is 28.8. The second-order valence-corrected chi connectivity index (χ2v) is 17.1. The number of halogens is 2. The standard InChI is InChI=1S/C45H42F2NO10PS/c1-54-36-21-25-39(41(27-36)56-3)48(40-26-22-37(55-2)28-42(40)57-4)60(52,53)38-23-17-32(18-24-38)30-45(34-13-9-6-10-14-34,43(49)33-11-7-5-8-12-33)29-31-15-19-35(20-16-31)58-59(50,51)44(46)47/h5-28,44H,29-30H2,1-4H3,(H,50,51). The first-order valence-electron chi connectivity index (χ1n) is 18.4. The first kappa shape index (κ1) is 43.4.